The molecule has 1 aliphatic heterocycles. The molecule has 0 N–H and O–H groups in total. The molecule has 1 saturated carbocycles. The molecule has 0 aromatic carbocycles. The molecule has 0 amide bonds. The van der Waals surface area contributed by atoms with E-state index in [0.717, 1.165) is 24.6 Å². The van der Waals surface area contributed by atoms with Crippen molar-refractivity contribution in [3.8, 4) is 0 Å². The molecule has 1 aliphatic carbocycles. The molecular weight excluding hydrogens is 298 g/mol. The van der Waals surface area contributed by atoms with E-state index in [2.05, 4.69) is 9.97 Å². The molecule has 2 bridgehead atoms. The maximum atomic E-state index is 12.6. The first-order chi connectivity index (χ1) is 9.58. The van der Waals surface area contributed by atoms with Crippen molar-refractivity contribution in [1.82, 2.24) is 14.5 Å². The van der Waals surface area contributed by atoms with Crippen LogP contribution in [0.15, 0.2) is 16.0 Å². The Morgan fingerprint density at radius 3 is 3.00 bits per heavy atom. The molecule has 7 heteroatoms. The number of aryl methyl sites for hydroxylation is 1. The quantitative estimate of drug-likeness (QED) is 0.698. The summed E-state index contributed by atoms with van der Waals surface area (Å²) in [4.78, 5) is 21.2. The van der Waals surface area contributed by atoms with Crippen molar-refractivity contribution >= 4 is 33.4 Å². The van der Waals surface area contributed by atoms with E-state index in [-0.39, 0.29) is 21.9 Å². The minimum Gasteiger partial charge on any atom is -0.287 e. The van der Waals surface area contributed by atoms with Crippen LogP contribution in [0.3, 0.4) is 0 Å². The first kappa shape index (κ1) is 12.5. The summed E-state index contributed by atoms with van der Waals surface area (Å²) >= 11 is 6.08. The van der Waals surface area contributed by atoms with E-state index in [1.165, 1.54) is 0 Å². The fraction of sp³-hybridized carbons (Fsp3) is 0.462. The predicted molar refractivity (Wildman–Crippen MR) is 76.6 cm³/mol. The normalized spacial score (nSPS) is 27.8. The van der Waals surface area contributed by atoms with E-state index < -0.39 is 10.8 Å². The molecule has 0 saturated heterocycles. The third-order valence-corrected chi connectivity index (χ3v) is 6.14. The summed E-state index contributed by atoms with van der Waals surface area (Å²) in [5, 5.41) is 1.20. The van der Waals surface area contributed by atoms with Gasteiger partial charge in [-0.2, -0.15) is 0 Å². The molecule has 2 aliphatic rings. The number of nitrogens with zero attached hydrogens (tertiary/aromatic N) is 3. The largest absolute Gasteiger partial charge is 0.287 e. The molecular formula is C13H12ClN3O2S. The molecule has 3 atom stereocenters. The van der Waals surface area contributed by atoms with Gasteiger partial charge in [-0.15, -0.1) is 0 Å². The highest BCUT2D eigenvalue weighted by Crippen LogP contribution is 2.38. The monoisotopic (exact) mass is 309 g/mol. The van der Waals surface area contributed by atoms with Crippen LogP contribution >= 0.6 is 11.6 Å². The zero-order chi connectivity index (χ0) is 14.0. The second-order valence-electron chi connectivity index (χ2n) is 5.33. The summed E-state index contributed by atoms with van der Waals surface area (Å²) in [5.74, 6) is 0. The number of aromatic nitrogens is 3. The lowest BCUT2D eigenvalue weighted by Crippen LogP contribution is -2.30. The van der Waals surface area contributed by atoms with Crippen molar-refractivity contribution in [3.05, 3.63) is 27.1 Å². The smallest absolute Gasteiger partial charge is 0.271 e. The van der Waals surface area contributed by atoms with Gasteiger partial charge >= 0.3 is 0 Å². The Bertz CT molecular complexity index is 832. The van der Waals surface area contributed by atoms with Crippen LogP contribution < -0.4 is 5.56 Å². The van der Waals surface area contributed by atoms with E-state index >= 15 is 0 Å². The molecule has 5 nitrogen and oxygen atoms in total. The lowest BCUT2D eigenvalue weighted by atomic mass is 10.2. The Balaban J connectivity index is 2.21. The summed E-state index contributed by atoms with van der Waals surface area (Å²) < 4.78 is 14.3. The minimum atomic E-state index is -1.26. The number of hydrogen-bond acceptors (Lipinski definition) is 4. The highest BCUT2D eigenvalue weighted by Gasteiger charge is 2.39. The van der Waals surface area contributed by atoms with Crippen molar-refractivity contribution < 1.29 is 4.21 Å². The summed E-state index contributed by atoms with van der Waals surface area (Å²) in [6.45, 7) is 1.83. The molecule has 20 heavy (non-hydrogen) atoms. The zero-order valence-corrected chi connectivity index (χ0v) is 12.4. The second-order valence-corrected chi connectivity index (χ2v) is 7.30. The number of rotatable bonds is 0. The lowest BCUT2D eigenvalue weighted by Gasteiger charge is -2.19. The van der Waals surface area contributed by atoms with Crippen LogP contribution in [0, 0.1) is 6.92 Å². The van der Waals surface area contributed by atoms with Gasteiger partial charge in [-0.25, -0.2) is 9.97 Å². The van der Waals surface area contributed by atoms with Crippen molar-refractivity contribution in [2.45, 2.75) is 42.6 Å². The molecule has 1 fully saturated rings. The Morgan fingerprint density at radius 2 is 2.20 bits per heavy atom. The summed E-state index contributed by atoms with van der Waals surface area (Å²) in [6, 6.07) is 1.53. The molecule has 2 aromatic heterocycles. The molecule has 3 heterocycles. The standard InChI is InChI=1S/C13H12ClN3O2S/c1-6-7-5-8(14)12(18)17-9-3-2-4-10(9)20(19)13(15-6)16-11(7)17/h5,9-10H,2-4H2,1H3. The summed E-state index contributed by atoms with van der Waals surface area (Å²) in [6.07, 6.45) is 2.63. The van der Waals surface area contributed by atoms with E-state index in [1.807, 2.05) is 6.92 Å². The van der Waals surface area contributed by atoms with Gasteiger partial charge in [0.05, 0.1) is 27.8 Å². The summed E-state index contributed by atoms with van der Waals surface area (Å²) in [7, 11) is -1.26. The average Bonchev–Trinajstić information content (AvgIpc) is 2.86. The second kappa shape index (κ2) is 4.11. The van der Waals surface area contributed by atoms with Gasteiger partial charge in [0.15, 0.2) is 0 Å². The Kier molecular flexibility index (Phi) is 2.57. The third kappa shape index (κ3) is 1.49. The summed E-state index contributed by atoms with van der Waals surface area (Å²) in [5.41, 5.74) is 1.05. The van der Waals surface area contributed by atoms with E-state index in [4.69, 9.17) is 11.6 Å². The lowest BCUT2D eigenvalue weighted by molar-refractivity contribution is 0.520. The van der Waals surface area contributed by atoms with Crippen LogP contribution in [0.25, 0.3) is 11.0 Å². The number of halogens is 1. The van der Waals surface area contributed by atoms with Crippen molar-refractivity contribution in [2.75, 3.05) is 0 Å². The first-order valence-electron chi connectivity index (χ1n) is 6.58. The number of fused-ring (bicyclic) bond motifs is 3. The highest BCUT2D eigenvalue weighted by molar-refractivity contribution is 7.85. The Hall–Kier alpha value is -1.27. The average molecular weight is 310 g/mol. The van der Waals surface area contributed by atoms with Gasteiger partial charge in [0.2, 0.25) is 5.16 Å². The SMILES string of the molecule is Cc1nc2nc3c1cc(Cl)c(=O)n3C1CCCC1S2=O. The van der Waals surface area contributed by atoms with Gasteiger partial charge in [0.25, 0.3) is 5.56 Å². The fourth-order valence-corrected chi connectivity index (χ4v) is 5.08. The van der Waals surface area contributed by atoms with Crippen LogP contribution in [0.2, 0.25) is 5.02 Å². The molecule has 3 unspecified atom stereocenters. The molecule has 104 valence electrons. The topological polar surface area (TPSA) is 64.8 Å². The van der Waals surface area contributed by atoms with Gasteiger partial charge in [-0.1, -0.05) is 18.0 Å². The van der Waals surface area contributed by atoms with Crippen LogP contribution in [0.5, 0.6) is 0 Å². The van der Waals surface area contributed by atoms with E-state index in [9.17, 15) is 9.00 Å². The molecule has 2 aromatic rings. The van der Waals surface area contributed by atoms with Gasteiger partial charge < -0.3 is 0 Å². The highest BCUT2D eigenvalue weighted by atomic mass is 35.5. The van der Waals surface area contributed by atoms with Crippen LogP contribution in [-0.2, 0) is 10.8 Å². The fourth-order valence-electron chi connectivity index (χ4n) is 3.28. The Morgan fingerprint density at radius 1 is 1.40 bits per heavy atom. The van der Waals surface area contributed by atoms with Crippen LogP contribution in [0.1, 0.15) is 31.0 Å². The molecule has 0 radical (unpaired) electrons. The van der Waals surface area contributed by atoms with E-state index in [1.54, 1.807) is 10.6 Å². The van der Waals surface area contributed by atoms with Gasteiger partial charge in [0, 0.05) is 5.39 Å². The van der Waals surface area contributed by atoms with Crippen LogP contribution in [0.4, 0.5) is 0 Å². The zero-order valence-electron chi connectivity index (χ0n) is 10.8. The number of hydrogen-bond donors (Lipinski definition) is 0. The minimum absolute atomic E-state index is 0.0851. The van der Waals surface area contributed by atoms with E-state index in [0.29, 0.717) is 16.5 Å². The van der Waals surface area contributed by atoms with Crippen LogP contribution in [-0.4, -0.2) is 24.0 Å². The maximum absolute atomic E-state index is 12.6. The Labute approximate surface area is 122 Å². The predicted octanol–water partition coefficient (Wildman–Crippen LogP) is 1.97. The first-order valence-corrected chi connectivity index (χ1v) is 8.17. The maximum Gasteiger partial charge on any atom is 0.271 e. The molecule has 0 spiro atoms. The van der Waals surface area contributed by atoms with Gasteiger partial charge in [0.1, 0.15) is 10.7 Å². The number of pyridine rings is 1. The van der Waals surface area contributed by atoms with Crippen molar-refractivity contribution in [3.63, 3.8) is 0 Å². The van der Waals surface area contributed by atoms with Crippen molar-refractivity contribution in [2.24, 2.45) is 0 Å². The third-order valence-electron chi connectivity index (χ3n) is 4.22. The van der Waals surface area contributed by atoms with Gasteiger partial charge in [-0.3, -0.25) is 13.6 Å². The van der Waals surface area contributed by atoms with Gasteiger partial charge in [-0.05, 0) is 25.8 Å². The van der Waals surface area contributed by atoms with Crippen molar-refractivity contribution in [1.29, 1.82) is 0 Å². The molecule has 4 rings (SSSR count).